The monoisotopic (exact) mass is 393 g/mol. The maximum Gasteiger partial charge on any atom is 0.330 e. The first-order valence-electron chi connectivity index (χ1n) is 9.98. The summed E-state index contributed by atoms with van der Waals surface area (Å²) in [5.41, 5.74) is -0.119. The first kappa shape index (κ1) is 21.9. The molecule has 2 aromatic rings. The topological polar surface area (TPSA) is 122 Å². The molecule has 9 nitrogen and oxygen atoms in total. The Kier molecular flexibility index (Phi) is 7.98. The minimum absolute atomic E-state index is 0.0303. The SMILES string of the molecule is CCCCn1c(=O)[nH]c(=O)c2c1nc(CCC(=O)NCCCO)n2CC(C)C. The molecule has 2 aromatic heterocycles. The highest BCUT2D eigenvalue weighted by molar-refractivity contribution is 5.76. The van der Waals surface area contributed by atoms with Crippen molar-refractivity contribution in [1.29, 1.82) is 0 Å². The van der Waals surface area contributed by atoms with Crippen molar-refractivity contribution < 1.29 is 9.90 Å². The number of aromatic amines is 1. The third-order valence-corrected chi connectivity index (χ3v) is 4.48. The summed E-state index contributed by atoms with van der Waals surface area (Å²) in [6, 6.07) is 0. The Hall–Kier alpha value is -2.42. The van der Waals surface area contributed by atoms with Crippen LogP contribution < -0.4 is 16.6 Å². The first-order valence-corrected chi connectivity index (χ1v) is 9.98. The molecular formula is C19H31N5O4. The van der Waals surface area contributed by atoms with E-state index in [2.05, 4.69) is 15.3 Å². The lowest BCUT2D eigenvalue weighted by Crippen LogP contribution is -2.31. The van der Waals surface area contributed by atoms with Gasteiger partial charge in [-0.25, -0.2) is 9.78 Å². The van der Waals surface area contributed by atoms with Gasteiger partial charge in [-0.1, -0.05) is 27.2 Å². The molecule has 0 spiro atoms. The van der Waals surface area contributed by atoms with Crippen LogP contribution in [0.1, 0.15) is 52.3 Å². The molecule has 28 heavy (non-hydrogen) atoms. The molecule has 0 saturated carbocycles. The number of imidazole rings is 1. The maximum absolute atomic E-state index is 12.5. The van der Waals surface area contributed by atoms with Crippen molar-refractivity contribution >= 4 is 17.1 Å². The van der Waals surface area contributed by atoms with Crippen LogP contribution in [0.2, 0.25) is 0 Å². The van der Waals surface area contributed by atoms with Gasteiger partial charge in [0.05, 0.1) is 0 Å². The Morgan fingerprint density at radius 1 is 1.25 bits per heavy atom. The van der Waals surface area contributed by atoms with E-state index in [4.69, 9.17) is 5.11 Å². The van der Waals surface area contributed by atoms with Gasteiger partial charge in [0.15, 0.2) is 11.2 Å². The average Bonchev–Trinajstić information content (AvgIpc) is 2.98. The summed E-state index contributed by atoms with van der Waals surface area (Å²) in [4.78, 5) is 43.8. The van der Waals surface area contributed by atoms with Crippen molar-refractivity contribution in [3.63, 3.8) is 0 Å². The quantitative estimate of drug-likeness (QED) is 0.487. The predicted molar refractivity (Wildman–Crippen MR) is 107 cm³/mol. The molecule has 3 N–H and O–H groups in total. The van der Waals surface area contributed by atoms with E-state index >= 15 is 0 Å². The van der Waals surface area contributed by atoms with Gasteiger partial charge in [0.25, 0.3) is 5.56 Å². The fourth-order valence-electron chi connectivity index (χ4n) is 3.11. The summed E-state index contributed by atoms with van der Waals surface area (Å²) >= 11 is 0. The summed E-state index contributed by atoms with van der Waals surface area (Å²) in [5.74, 6) is 0.765. The van der Waals surface area contributed by atoms with Crippen LogP contribution in [-0.2, 0) is 24.3 Å². The number of aliphatic hydroxyl groups excluding tert-OH is 1. The van der Waals surface area contributed by atoms with Crippen LogP contribution in [0.5, 0.6) is 0 Å². The van der Waals surface area contributed by atoms with Crippen LogP contribution in [0.15, 0.2) is 9.59 Å². The molecule has 1 amide bonds. The lowest BCUT2D eigenvalue weighted by Gasteiger charge is -2.11. The normalized spacial score (nSPS) is 11.5. The summed E-state index contributed by atoms with van der Waals surface area (Å²) < 4.78 is 3.35. The zero-order valence-electron chi connectivity index (χ0n) is 17.0. The van der Waals surface area contributed by atoms with Crippen LogP contribution in [0, 0.1) is 5.92 Å². The molecule has 0 aliphatic rings. The van der Waals surface area contributed by atoms with Gasteiger partial charge in [0, 0.05) is 39.1 Å². The second-order valence-corrected chi connectivity index (χ2v) is 7.40. The molecule has 0 fully saturated rings. The highest BCUT2D eigenvalue weighted by Gasteiger charge is 2.19. The van der Waals surface area contributed by atoms with E-state index in [1.165, 1.54) is 4.57 Å². The summed E-state index contributed by atoms with van der Waals surface area (Å²) in [5, 5.41) is 11.5. The zero-order chi connectivity index (χ0) is 20.7. The Morgan fingerprint density at radius 2 is 2.00 bits per heavy atom. The van der Waals surface area contributed by atoms with Gasteiger partial charge < -0.3 is 15.0 Å². The summed E-state index contributed by atoms with van der Waals surface area (Å²) in [7, 11) is 0. The molecule has 0 saturated heterocycles. The number of carbonyl (C=O) groups excluding carboxylic acids is 1. The summed E-state index contributed by atoms with van der Waals surface area (Å²) in [6.07, 6.45) is 2.83. The maximum atomic E-state index is 12.5. The summed E-state index contributed by atoms with van der Waals surface area (Å²) in [6.45, 7) is 7.63. The van der Waals surface area contributed by atoms with E-state index in [0.717, 1.165) is 12.8 Å². The molecule has 2 rings (SSSR count). The van der Waals surface area contributed by atoms with Crippen LogP contribution in [0.3, 0.4) is 0 Å². The van der Waals surface area contributed by atoms with E-state index in [1.54, 1.807) is 0 Å². The third kappa shape index (κ3) is 5.31. The standard InChI is InChI=1S/C19H31N5O4/c1-4-5-10-23-17-16(18(27)22-19(23)28)24(12-13(2)3)14(21-17)7-8-15(26)20-9-6-11-25/h13,25H,4-12H2,1-3H3,(H,20,26)(H,22,27,28). The van der Waals surface area contributed by atoms with Crippen molar-refractivity contribution in [3.05, 3.63) is 26.7 Å². The lowest BCUT2D eigenvalue weighted by atomic mass is 10.2. The van der Waals surface area contributed by atoms with Gasteiger partial charge in [0.2, 0.25) is 5.91 Å². The Morgan fingerprint density at radius 3 is 2.64 bits per heavy atom. The van der Waals surface area contributed by atoms with E-state index in [9.17, 15) is 14.4 Å². The van der Waals surface area contributed by atoms with Gasteiger partial charge in [-0.3, -0.25) is 19.1 Å². The molecular weight excluding hydrogens is 362 g/mol. The van der Waals surface area contributed by atoms with E-state index in [-0.39, 0.29) is 24.9 Å². The molecule has 0 atom stereocenters. The zero-order valence-corrected chi connectivity index (χ0v) is 17.0. The number of amides is 1. The van der Waals surface area contributed by atoms with Gasteiger partial charge in [-0.15, -0.1) is 0 Å². The van der Waals surface area contributed by atoms with Crippen molar-refractivity contribution in [2.24, 2.45) is 5.92 Å². The molecule has 0 bridgehead atoms. The Bertz CT molecular complexity index is 909. The molecule has 9 heteroatoms. The van der Waals surface area contributed by atoms with Crippen LogP contribution in [0.25, 0.3) is 11.2 Å². The number of fused-ring (bicyclic) bond motifs is 1. The molecule has 0 aliphatic heterocycles. The fourth-order valence-corrected chi connectivity index (χ4v) is 3.11. The second-order valence-electron chi connectivity index (χ2n) is 7.40. The number of aryl methyl sites for hydroxylation is 2. The number of aliphatic hydroxyl groups is 1. The van der Waals surface area contributed by atoms with Crippen molar-refractivity contribution in [2.75, 3.05) is 13.2 Å². The number of H-pyrrole nitrogens is 1. The number of nitrogens with zero attached hydrogens (tertiary/aromatic N) is 3. The molecule has 2 heterocycles. The average molecular weight is 393 g/mol. The molecule has 0 radical (unpaired) electrons. The van der Waals surface area contributed by atoms with Gasteiger partial charge >= 0.3 is 5.69 Å². The van der Waals surface area contributed by atoms with E-state index in [0.29, 0.717) is 49.5 Å². The lowest BCUT2D eigenvalue weighted by molar-refractivity contribution is -0.121. The number of aromatic nitrogens is 4. The first-order chi connectivity index (χ1) is 13.4. The number of hydrogen-bond acceptors (Lipinski definition) is 5. The molecule has 0 unspecified atom stereocenters. The fraction of sp³-hybridized carbons (Fsp3) is 0.684. The highest BCUT2D eigenvalue weighted by Crippen LogP contribution is 2.16. The third-order valence-electron chi connectivity index (χ3n) is 4.48. The van der Waals surface area contributed by atoms with Crippen LogP contribution >= 0.6 is 0 Å². The molecule has 0 aliphatic carbocycles. The van der Waals surface area contributed by atoms with Crippen LogP contribution in [-0.4, -0.2) is 43.3 Å². The van der Waals surface area contributed by atoms with Gasteiger partial charge in [-0.2, -0.15) is 0 Å². The number of carbonyl (C=O) groups is 1. The highest BCUT2D eigenvalue weighted by atomic mass is 16.3. The van der Waals surface area contributed by atoms with Crippen molar-refractivity contribution in [1.82, 2.24) is 24.4 Å². The van der Waals surface area contributed by atoms with Gasteiger partial charge in [-0.05, 0) is 18.8 Å². The Balaban J connectivity index is 2.41. The number of rotatable bonds is 11. The molecule has 0 aromatic carbocycles. The van der Waals surface area contributed by atoms with Gasteiger partial charge in [0.1, 0.15) is 5.82 Å². The Labute approximate surface area is 163 Å². The minimum atomic E-state index is -0.451. The minimum Gasteiger partial charge on any atom is -0.396 e. The number of nitrogens with one attached hydrogen (secondary N) is 2. The largest absolute Gasteiger partial charge is 0.396 e. The van der Waals surface area contributed by atoms with Crippen LogP contribution in [0.4, 0.5) is 0 Å². The van der Waals surface area contributed by atoms with Crippen molar-refractivity contribution in [3.8, 4) is 0 Å². The smallest absolute Gasteiger partial charge is 0.330 e. The molecule has 156 valence electrons. The van der Waals surface area contributed by atoms with Crippen molar-refractivity contribution in [2.45, 2.75) is 66.0 Å². The number of hydrogen-bond donors (Lipinski definition) is 3. The second kappa shape index (κ2) is 10.2. The van der Waals surface area contributed by atoms with E-state index in [1.807, 2.05) is 25.3 Å². The predicted octanol–water partition coefficient (Wildman–Crippen LogP) is 0.774. The number of unbranched alkanes of at least 4 members (excludes halogenated alkanes) is 1. The van der Waals surface area contributed by atoms with E-state index < -0.39 is 11.2 Å².